The number of aromatic nitrogens is 3. The molecule has 3 N–H and O–H groups in total. The summed E-state index contributed by atoms with van der Waals surface area (Å²) in [5.41, 5.74) is 2.08. The molecule has 8 nitrogen and oxygen atoms in total. The second kappa shape index (κ2) is 6.50. The normalized spacial score (nSPS) is 14.5. The van der Waals surface area contributed by atoms with Crippen molar-refractivity contribution in [2.24, 2.45) is 5.92 Å². The van der Waals surface area contributed by atoms with Crippen molar-refractivity contribution in [3.8, 4) is 0 Å². The van der Waals surface area contributed by atoms with Gasteiger partial charge in [0.15, 0.2) is 5.65 Å². The summed E-state index contributed by atoms with van der Waals surface area (Å²) in [6, 6.07) is 7.73. The first kappa shape index (κ1) is 16.7. The average Bonchev–Trinajstić information content (AvgIpc) is 3.35. The number of imidazole rings is 1. The highest BCUT2D eigenvalue weighted by Gasteiger charge is 2.24. The maximum absolute atomic E-state index is 12.3. The molecule has 0 atom stereocenters. The van der Waals surface area contributed by atoms with Crippen LogP contribution in [0.3, 0.4) is 0 Å². The van der Waals surface area contributed by atoms with Gasteiger partial charge in [-0.2, -0.15) is 0 Å². The van der Waals surface area contributed by atoms with E-state index in [-0.39, 0.29) is 10.8 Å². The topological polar surface area (TPSA) is 117 Å². The van der Waals surface area contributed by atoms with Crippen LogP contribution in [0.4, 0.5) is 5.69 Å². The zero-order chi connectivity index (χ0) is 18.1. The molecule has 1 fully saturated rings. The second-order valence-corrected chi connectivity index (χ2v) is 8.04. The number of sulfonamides is 1. The summed E-state index contributed by atoms with van der Waals surface area (Å²) in [5, 5.41) is 2.73. The molecule has 4 rings (SSSR count). The molecule has 1 aliphatic rings. The third kappa shape index (κ3) is 3.58. The van der Waals surface area contributed by atoms with Crippen LogP contribution in [0.2, 0.25) is 0 Å². The fourth-order valence-electron chi connectivity index (χ4n) is 2.51. The van der Waals surface area contributed by atoms with Crippen molar-refractivity contribution in [2.45, 2.75) is 17.7 Å². The molecular weight excluding hydrogens is 354 g/mol. The smallest absolute Gasteiger partial charge is 0.257 e. The number of anilines is 1. The standard InChI is InChI=1S/C17H17N5O3S/c23-17(12-7-15-16(18-9-12)20-10-19-15)22-13-3-5-14(6-4-13)26(24,25)21-8-11-1-2-11/h3-7,9-11,21H,1-2,8H2,(H,22,23)(H,18,19,20). The Hall–Kier alpha value is -2.78. The Balaban J connectivity index is 1.45. The van der Waals surface area contributed by atoms with Crippen LogP contribution in [-0.4, -0.2) is 35.8 Å². The van der Waals surface area contributed by atoms with Gasteiger partial charge >= 0.3 is 0 Å². The van der Waals surface area contributed by atoms with Crippen molar-refractivity contribution in [1.82, 2.24) is 19.7 Å². The molecule has 134 valence electrons. The number of amides is 1. The third-order valence-electron chi connectivity index (χ3n) is 4.22. The zero-order valence-electron chi connectivity index (χ0n) is 13.8. The number of benzene rings is 1. The molecule has 0 spiro atoms. The van der Waals surface area contributed by atoms with E-state index in [0.29, 0.717) is 34.9 Å². The van der Waals surface area contributed by atoms with Gasteiger partial charge in [-0.15, -0.1) is 0 Å². The largest absolute Gasteiger partial charge is 0.343 e. The Bertz CT molecular complexity index is 1060. The van der Waals surface area contributed by atoms with Gasteiger partial charge in [-0.05, 0) is 49.1 Å². The Morgan fingerprint density at radius 1 is 1.19 bits per heavy atom. The molecule has 0 bridgehead atoms. The van der Waals surface area contributed by atoms with Crippen LogP contribution >= 0.6 is 0 Å². The van der Waals surface area contributed by atoms with Crippen LogP contribution in [0.25, 0.3) is 11.2 Å². The molecule has 0 unspecified atom stereocenters. The number of rotatable bonds is 6. The molecule has 9 heteroatoms. The molecule has 1 aliphatic carbocycles. The summed E-state index contributed by atoms with van der Waals surface area (Å²) >= 11 is 0. The number of nitrogens with zero attached hydrogens (tertiary/aromatic N) is 2. The Morgan fingerprint density at radius 2 is 1.96 bits per heavy atom. The lowest BCUT2D eigenvalue weighted by Crippen LogP contribution is -2.25. The van der Waals surface area contributed by atoms with E-state index >= 15 is 0 Å². The molecule has 0 aliphatic heterocycles. The SMILES string of the molecule is O=C(Nc1ccc(S(=O)(=O)NCC2CC2)cc1)c1cnc2nc[nH]c2c1. The number of fused-ring (bicyclic) bond motifs is 1. The summed E-state index contributed by atoms with van der Waals surface area (Å²) in [5.74, 6) is 0.126. The van der Waals surface area contributed by atoms with Gasteiger partial charge in [-0.1, -0.05) is 0 Å². The number of carbonyl (C=O) groups is 1. The number of hydrogen-bond acceptors (Lipinski definition) is 5. The van der Waals surface area contributed by atoms with Gasteiger partial charge < -0.3 is 10.3 Å². The minimum absolute atomic E-state index is 0.177. The van der Waals surface area contributed by atoms with Crippen molar-refractivity contribution in [3.63, 3.8) is 0 Å². The van der Waals surface area contributed by atoms with E-state index in [1.165, 1.54) is 24.7 Å². The van der Waals surface area contributed by atoms with E-state index < -0.39 is 10.0 Å². The van der Waals surface area contributed by atoms with Gasteiger partial charge in [0, 0.05) is 18.4 Å². The number of hydrogen-bond donors (Lipinski definition) is 3. The van der Waals surface area contributed by atoms with Crippen LogP contribution in [-0.2, 0) is 10.0 Å². The quantitative estimate of drug-likeness (QED) is 0.612. The van der Waals surface area contributed by atoms with Crippen LogP contribution in [0.5, 0.6) is 0 Å². The molecule has 2 heterocycles. The molecular formula is C17H17N5O3S. The molecule has 3 aromatic rings. The number of pyridine rings is 1. The first-order valence-corrected chi connectivity index (χ1v) is 9.70. The van der Waals surface area contributed by atoms with Gasteiger partial charge in [0.2, 0.25) is 10.0 Å². The maximum atomic E-state index is 12.3. The minimum Gasteiger partial charge on any atom is -0.343 e. The molecule has 0 radical (unpaired) electrons. The van der Waals surface area contributed by atoms with E-state index in [2.05, 4.69) is 25.0 Å². The van der Waals surface area contributed by atoms with Crippen molar-refractivity contribution in [1.29, 1.82) is 0 Å². The highest BCUT2D eigenvalue weighted by molar-refractivity contribution is 7.89. The Morgan fingerprint density at radius 3 is 2.69 bits per heavy atom. The molecule has 26 heavy (non-hydrogen) atoms. The summed E-state index contributed by atoms with van der Waals surface area (Å²) in [4.78, 5) is 23.5. The molecule has 2 aromatic heterocycles. The summed E-state index contributed by atoms with van der Waals surface area (Å²) in [7, 11) is -3.51. The van der Waals surface area contributed by atoms with Crippen molar-refractivity contribution >= 4 is 32.8 Å². The lowest BCUT2D eigenvalue weighted by molar-refractivity contribution is 0.102. The fraction of sp³-hybridized carbons (Fsp3) is 0.235. The van der Waals surface area contributed by atoms with Crippen LogP contribution in [0.1, 0.15) is 23.2 Å². The van der Waals surface area contributed by atoms with E-state index in [9.17, 15) is 13.2 Å². The van der Waals surface area contributed by atoms with Crippen molar-refractivity contribution in [2.75, 3.05) is 11.9 Å². The van der Waals surface area contributed by atoms with E-state index in [4.69, 9.17) is 0 Å². The fourth-order valence-corrected chi connectivity index (χ4v) is 3.62. The highest BCUT2D eigenvalue weighted by Crippen LogP contribution is 2.28. The molecule has 1 saturated carbocycles. The number of carbonyl (C=O) groups excluding carboxylic acids is 1. The van der Waals surface area contributed by atoms with E-state index in [1.807, 2.05) is 0 Å². The van der Waals surface area contributed by atoms with Crippen LogP contribution < -0.4 is 10.0 Å². The number of nitrogens with one attached hydrogen (secondary N) is 3. The summed E-state index contributed by atoms with van der Waals surface area (Å²) < 4.78 is 27.0. The predicted molar refractivity (Wildman–Crippen MR) is 96.2 cm³/mol. The highest BCUT2D eigenvalue weighted by atomic mass is 32.2. The zero-order valence-corrected chi connectivity index (χ0v) is 14.6. The van der Waals surface area contributed by atoms with Gasteiger partial charge in [0.1, 0.15) is 0 Å². The second-order valence-electron chi connectivity index (χ2n) is 6.27. The molecule has 0 saturated heterocycles. The third-order valence-corrected chi connectivity index (χ3v) is 5.66. The van der Waals surface area contributed by atoms with Crippen molar-refractivity contribution in [3.05, 3.63) is 48.4 Å². The Labute approximate surface area is 150 Å². The number of aromatic amines is 1. The van der Waals surface area contributed by atoms with Gasteiger partial charge in [-0.25, -0.2) is 23.1 Å². The van der Waals surface area contributed by atoms with Gasteiger partial charge in [-0.3, -0.25) is 4.79 Å². The summed E-state index contributed by atoms with van der Waals surface area (Å²) in [6.07, 6.45) is 5.11. The van der Waals surface area contributed by atoms with Crippen LogP contribution in [0, 0.1) is 5.92 Å². The molecule has 1 aromatic carbocycles. The van der Waals surface area contributed by atoms with Crippen molar-refractivity contribution < 1.29 is 13.2 Å². The summed E-state index contributed by atoms with van der Waals surface area (Å²) in [6.45, 7) is 0.476. The monoisotopic (exact) mass is 371 g/mol. The number of H-pyrrole nitrogens is 1. The lowest BCUT2D eigenvalue weighted by Gasteiger charge is -2.08. The van der Waals surface area contributed by atoms with Gasteiger partial charge in [0.25, 0.3) is 5.91 Å². The minimum atomic E-state index is -3.51. The average molecular weight is 371 g/mol. The first-order valence-electron chi connectivity index (χ1n) is 8.21. The maximum Gasteiger partial charge on any atom is 0.257 e. The van der Waals surface area contributed by atoms with Gasteiger partial charge in [0.05, 0.1) is 22.3 Å². The predicted octanol–water partition coefficient (Wildman–Crippen LogP) is 1.90. The first-order chi connectivity index (χ1) is 12.5. The van der Waals surface area contributed by atoms with E-state index in [1.54, 1.807) is 18.2 Å². The lowest BCUT2D eigenvalue weighted by atomic mass is 10.2. The van der Waals surface area contributed by atoms with Crippen LogP contribution in [0.15, 0.2) is 47.8 Å². The molecule has 1 amide bonds. The van der Waals surface area contributed by atoms with E-state index in [0.717, 1.165) is 12.8 Å². The Kier molecular flexibility index (Phi) is 4.17.